The van der Waals surface area contributed by atoms with Gasteiger partial charge in [0.2, 0.25) is 0 Å². The summed E-state index contributed by atoms with van der Waals surface area (Å²) < 4.78 is 13.1. The van der Waals surface area contributed by atoms with E-state index >= 15 is 0 Å². The number of likely N-dealkylation sites (tertiary alicyclic amines) is 1. The van der Waals surface area contributed by atoms with Gasteiger partial charge in [0.1, 0.15) is 5.82 Å². The van der Waals surface area contributed by atoms with Gasteiger partial charge < -0.3 is 5.32 Å². The number of benzene rings is 1. The fraction of sp³-hybridized carbons (Fsp3) is 0.571. The minimum absolute atomic E-state index is 0.139. The Hall–Kier alpha value is -0.930. The molecule has 1 aromatic rings. The number of nitrogens with one attached hydrogen (secondary N) is 1. The van der Waals surface area contributed by atoms with Crippen LogP contribution in [0.1, 0.15) is 18.9 Å². The van der Waals surface area contributed by atoms with Crippen molar-refractivity contribution in [3.05, 3.63) is 35.6 Å². The van der Waals surface area contributed by atoms with E-state index in [9.17, 15) is 4.39 Å². The van der Waals surface area contributed by atoms with Gasteiger partial charge in [-0.2, -0.15) is 0 Å². The van der Waals surface area contributed by atoms with Crippen LogP contribution >= 0.6 is 0 Å². The van der Waals surface area contributed by atoms with Gasteiger partial charge in [-0.05, 0) is 43.1 Å². The van der Waals surface area contributed by atoms with Crippen molar-refractivity contribution in [2.45, 2.75) is 19.9 Å². The molecule has 2 nitrogen and oxygen atoms in total. The van der Waals surface area contributed by atoms with Crippen LogP contribution in [-0.4, -0.2) is 31.6 Å². The summed E-state index contributed by atoms with van der Waals surface area (Å²) in [5.74, 6) is -0.139. The van der Waals surface area contributed by atoms with Crippen LogP contribution < -0.4 is 5.32 Å². The van der Waals surface area contributed by atoms with Gasteiger partial charge in [-0.1, -0.05) is 19.1 Å². The average molecular weight is 236 g/mol. The van der Waals surface area contributed by atoms with E-state index < -0.39 is 0 Å². The molecule has 1 aliphatic heterocycles. The smallest absolute Gasteiger partial charge is 0.123 e. The van der Waals surface area contributed by atoms with E-state index in [1.807, 2.05) is 13.1 Å². The lowest BCUT2D eigenvalue weighted by molar-refractivity contribution is 0.265. The van der Waals surface area contributed by atoms with Gasteiger partial charge in [-0.25, -0.2) is 4.39 Å². The van der Waals surface area contributed by atoms with Crippen molar-refractivity contribution in [1.82, 2.24) is 10.2 Å². The van der Waals surface area contributed by atoms with Crippen molar-refractivity contribution in [1.29, 1.82) is 0 Å². The molecule has 1 unspecified atom stereocenters. The Bertz CT molecular complexity index is 380. The Morgan fingerprint density at radius 1 is 1.47 bits per heavy atom. The van der Waals surface area contributed by atoms with Crippen molar-refractivity contribution >= 4 is 0 Å². The zero-order chi connectivity index (χ0) is 12.3. The van der Waals surface area contributed by atoms with Crippen molar-refractivity contribution in [2.75, 3.05) is 26.7 Å². The van der Waals surface area contributed by atoms with E-state index in [4.69, 9.17) is 0 Å². The molecule has 0 bridgehead atoms. The molecule has 1 N–H and O–H groups in total. The number of rotatable bonds is 4. The van der Waals surface area contributed by atoms with Crippen LogP contribution in [0.3, 0.4) is 0 Å². The van der Waals surface area contributed by atoms with Crippen molar-refractivity contribution in [3.63, 3.8) is 0 Å². The van der Waals surface area contributed by atoms with Crippen molar-refractivity contribution < 1.29 is 4.39 Å². The fourth-order valence-electron chi connectivity index (χ4n) is 2.73. The second kappa shape index (κ2) is 5.15. The first-order valence-corrected chi connectivity index (χ1v) is 6.23. The Morgan fingerprint density at radius 3 is 3.00 bits per heavy atom. The van der Waals surface area contributed by atoms with Gasteiger partial charge in [-0.15, -0.1) is 0 Å². The van der Waals surface area contributed by atoms with Gasteiger partial charge in [0.15, 0.2) is 0 Å². The third-order valence-corrected chi connectivity index (χ3v) is 3.54. The molecule has 1 aromatic carbocycles. The summed E-state index contributed by atoms with van der Waals surface area (Å²) in [4.78, 5) is 2.41. The second-order valence-corrected chi connectivity index (χ2v) is 5.43. The van der Waals surface area contributed by atoms with Gasteiger partial charge in [0, 0.05) is 19.6 Å². The predicted molar refractivity (Wildman–Crippen MR) is 68.3 cm³/mol. The molecular weight excluding hydrogens is 215 g/mol. The molecule has 0 radical (unpaired) electrons. The monoisotopic (exact) mass is 236 g/mol. The summed E-state index contributed by atoms with van der Waals surface area (Å²) in [6.45, 7) is 6.41. The fourth-order valence-corrected chi connectivity index (χ4v) is 2.73. The predicted octanol–water partition coefficient (Wildman–Crippen LogP) is 2.26. The van der Waals surface area contributed by atoms with E-state index in [0.717, 1.165) is 31.7 Å². The molecule has 1 fully saturated rings. The maximum absolute atomic E-state index is 13.1. The molecule has 1 heterocycles. The molecule has 0 amide bonds. The largest absolute Gasteiger partial charge is 0.319 e. The molecule has 0 aliphatic carbocycles. The molecule has 0 spiro atoms. The van der Waals surface area contributed by atoms with E-state index in [1.165, 1.54) is 12.5 Å². The highest BCUT2D eigenvalue weighted by molar-refractivity contribution is 5.16. The number of nitrogens with zero attached hydrogens (tertiary/aromatic N) is 1. The van der Waals surface area contributed by atoms with Crippen molar-refractivity contribution in [2.24, 2.45) is 5.41 Å². The lowest BCUT2D eigenvalue weighted by atomic mass is 9.90. The second-order valence-electron chi connectivity index (χ2n) is 5.43. The highest BCUT2D eigenvalue weighted by Crippen LogP contribution is 2.29. The Labute approximate surface area is 103 Å². The van der Waals surface area contributed by atoms with Crippen LogP contribution in [0.15, 0.2) is 24.3 Å². The molecule has 0 aromatic heterocycles. The first kappa shape index (κ1) is 12.5. The topological polar surface area (TPSA) is 15.3 Å². The average Bonchev–Trinajstić information content (AvgIpc) is 2.60. The number of hydrogen-bond acceptors (Lipinski definition) is 2. The molecule has 1 aliphatic rings. The molecule has 94 valence electrons. The highest BCUT2D eigenvalue weighted by atomic mass is 19.1. The molecule has 17 heavy (non-hydrogen) atoms. The number of hydrogen-bond donors (Lipinski definition) is 1. The SMILES string of the molecule is CNCC1(C)CCN(Cc2cccc(F)c2)C1. The normalized spacial score (nSPS) is 25.4. The molecule has 3 heteroatoms. The maximum atomic E-state index is 13.1. The summed E-state index contributed by atoms with van der Waals surface area (Å²) in [6, 6.07) is 6.91. The Kier molecular flexibility index (Phi) is 3.79. The summed E-state index contributed by atoms with van der Waals surface area (Å²) >= 11 is 0. The lowest BCUT2D eigenvalue weighted by Gasteiger charge is -2.24. The van der Waals surface area contributed by atoms with Gasteiger partial charge >= 0.3 is 0 Å². The first-order valence-electron chi connectivity index (χ1n) is 6.23. The van der Waals surface area contributed by atoms with Gasteiger partial charge in [-0.3, -0.25) is 4.90 Å². The lowest BCUT2D eigenvalue weighted by Crippen LogP contribution is -2.32. The van der Waals surface area contributed by atoms with Crippen LogP contribution in [0.4, 0.5) is 4.39 Å². The molecule has 1 atom stereocenters. The highest BCUT2D eigenvalue weighted by Gasteiger charge is 2.32. The van der Waals surface area contributed by atoms with Gasteiger partial charge in [0.05, 0.1) is 0 Å². The van der Waals surface area contributed by atoms with Crippen LogP contribution in [0.25, 0.3) is 0 Å². The minimum atomic E-state index is -0.139. The molecule has 2 rings (SSSR count). The van der Waals surface area contributed by atoms with E-state index in [1.54, 1.807) is 12.1 Å². The van der Waals surface area contributed by atoms with E-state index in [-0.39, 0.29) is 5.82 Å². The zero-order valence-corrected chi connectivity index (χ0v) is 10.7. The first-order chi connectivity index (χ1) is 8.11. The summed E-state index contributed by atoms with van der Waals surface area (Å²) in [5, 5.41) is 3.26. The van der Waals surface area contributed by atoms with Crippen LogP contribution in [-0.2, 0) is 6.54 Å². The molecular formula is C14H21FN2. The minimum Gasteiger partial charge on any atom is -0.319 e. The Balaban J connectivity index is 1.94. The third kappa shape index (κ3) is 3.27. The zero-order valence-electron chi connectivity index (χ0n) is 10.7. The molecule has 1 saturated heterocycles. The van der Waals surface area contributed by atoms with Crippen LogP contribution in [0.5, 0.6) is 0 Å². The quantitative estimate of drug-likeness (QED) is 0.862. The maximum Gasteiger partial charge on any atom is 0.123 e. The summed E-state index contributed by atoms with van der Waals surface area (Å²) in [6.07, 6.45) is 1.21. The Morgan fingerprint density at radius 2 is 2.29 bits per heavy atom. The standard InChI is InChI=1S/C14H21FN2/c1-14(10-16-2)6-7-17(11-14)9-12-4-3-5-13(15)8-12/h3-5,8,16H,6-7,9-11H2,1-2H3. The summed E-state index contributed by atoms with van der Waals surface area (Å²) in [5.41, 5.74) is 1.43. The van der Waals surface area contributed by atoms with Crippen LogP contribution in [0, 0.1) is 11.2 Å². The van der Waals surface area contributed by atoms with Crippen molar-refractivity contribution in [3.8, 4) is 0 Å². The number of halogens is 1. The van der Waals surface area contributed by atoms with Gasteiger partial charge in [0.25, 0.3) is 0 Å². The van der Waals surface area contributed by atoms with E-state index in [0.29, 0.717) is 5.41 Å². The molecule has 0 saturated carbocycles. The van der Waals surface area contributed by atoms with Crippen LogP contribution in [0.2, 0.25) is 0 Å². The third-order valence-electron chi connectivity index (χ3n) is 3.54. The summed E-state index contributed by atoms with van der Waals surface area (Å²) in [7, 11) is 2.00. The van der Waals surface area contributed by atoms with E-state index in [2.05, 4.69) is 17.1 Å².